The molecule has 2 rings (SSSR count). The zero-order chi connectivity index (χ0) is 12.9. The van der Waals surface area contributed by atoms with E-state index in [4.69, 9.17) is 69.6 Å². The number of halogens is 6. The summed E-state index contributed by atoms with van der Waals surface area (Å²) >= 11 is 35.7. The first-order valence-electron chi connectivity index (χ1n) is 4.18. The van der Waals surface area contributed by atoms with Crippen LogP contribution < -0.4 is 0 Å². The zero-order valence-corrected chi connectivity index (χ0v) is 12.3. The highest BCUT2D eigenvalue weighted by atomic mass is 35.5. The van der Waals surface area contributed by atoms with Gasteiger partial charge in [0.25, 0.3) is 0 Å². The van der Waals surface area contributed by atoms with Gasteiger partial charge in [0.05, 0.1) is 25.1 Å². The van der Waals surface area contributed by atoms with Crippen molar-refractivity contribution >= 4 is 80.4 Å². The monoisotopic (exact) mass is 348 g/mol. The number of rotatable bonds is 0. The van der Waals surface area contributed by atoms with E-state index in [0.717, 1.165) is 0 Å². The van der Waals surface area contributed by atoms with Gasteiger partial charge in [-0.25, -0.2) is 0 Å². The van der Waals surface area contributed by atoms with Crippen LogP contribution in [0.1, 0.15) is 0 Å². The molecule has 0 unspecified atom stereocenters. The van der Waals surface area contributed by atoms with Crippen molar-refractivity contribution in [2.24, 2.45) is 0 Å². The van der Waals surface area contributed by atoms with Crippen molar-refractivity contribution < 1.29 is 5.11 Å². The molecule has 1 N–H and O–H groups in total. The summed E-state index contributed by atoms with van der Waals surface area (Å²) in [5.41, 5.74) is 0. The van der Waals surface area contributed by atoms with Crippen LogP contribution >= 0.6 is 69.6 Å². The molecule has 2 aromatic carbocycles. The van der Waals surface area contributed by atoms with Crippen molar-refractivity contribution in [3.63, 3.8) is 0 Å². The second-order valence-electron chi connectivity index (χ2n) is 3.20. The minimum atomic E-state index is -0.208. The summed E-state index contributed by atoms with van der Waals surface area (Å²) < 4.78 is 0. The Balaban J connectivity index is 3.12. The quantitative estimate of drug-likeness (QED) is 0.426. The summed E-state index contributed by atoms with van der Waals surface area (Å²) in [6, 6.07) is 1.33. The molecule has 0 aliphatic carbocycles. The maximum absolute atomic E-state index is 9.58. The largest absolute Gasteiger partial charge is 0.506 e. The first kappa shape index (κ1) is 13.7. The Morgan fingerprint density at radius 3 is 1.71 bits per heavy atom. The van der Waals surface area contributed by atoms with E-state index < -0.39 is 0 Å². The van der Waals surface area contributed by atoms with Crippen LogP contribution in [0.2, 0.25) is 30.1 Å². The van der Waals surface area contributed by atoms with Crippen molar-refractivity contribution in [3.05, 3.63) is 36.2 Å². The highest BCUT2D eigenvalue weighted by Crippen LogP contribution is 2.49. The first-order valence-corrected chi connectivity index (χ1v) is 6.45. The highest BCUT2D eigenvalue weighted by Gasteiger charge is 2.20. The lowest BCUT2D eigenvalue weighted by molar-refractivity contribution is 0.476. The van der Waals surface area contributed by atoms with E-state index in [1.807, 2.05) is 0 Å². The number of hydrogen-bond acceptors (Lipinski definition) is 1. The van der Waals surface area contributed by atoms with Gasteiger partial charge in [0.2, 0.25) is 0 Å². The molecule has 0 atom stereocenters. The topological polar surface area (TPSA) is 20.2 Å². The molecule has 1 nitrogen and oxygen atoms in total. The van der Waals surface area contributed by atoms with Crippen LogP contribution in [0.3, 0.4) is 0 Å². The summed E-state index contributed by atoms with van der Waals surface area (Å²) in [7, 11) is 0. The van der Waals surface area contributed by atoms with Crippen molar-refractivity contribution in [1.82, 2.24) is 0 Å². The molecule has 17 heavy (non-hydrogen) atoms. The second kappa shape index (κ2) is 4.73. The summed E-state index contributed by atoms with van der Waals surface area (Å²) in [5, 5.41) is 10.9. The predicted octanol–water partition coefficient (Wildman–Crippen LogP) is 6.47. The molecule has 7 heteroatoms. The third-order valence-corrected chi connectivity index (χ3v) is 4.90. The van der Waals surface area contributed by atoms with E-state index >= 15 is 0 Å². The van der Waals surface area contributed by atoms with E-state index in [1.165, 1.54) is 6.07 Å². The lowest BCUT2D eigenvalue weighted by Crippen LogP contribution is -1.84. The molecule has 0 aliphatic heterocycles. The number of phenolic OH excluding ortho intramolecular Hbond substituents is 1. The molecule has 0 spiro atoms. The van der Waals surface area contributed by atoms with Crippen LogP contribution in [0.4, 0.5) is 0 Å². The van der Waals surface area contributed by atoms with Crippen LogP contribution in [-0.4, -0.2) is 5.11 Å². The summed E-state index contributed by atoms with van der Waals surface area (Å²) in [6.45, 7) is 0. The molecule has 0 fully saturated rings. The Kier molecular flexibility index (Phi) is 3.80. The third-order valence-electron chi connectivity index (χ3n) is 2.22. The van der Waals surface area contributed by atoms with Gasteiger partial charge in [-0.15, -0.1) is 0 Å². The maximum Gasteiger partial charge on any atom is 0.136 e. The van der Waals surface area contributed by atoms with Crippen molar-refractivity contribution in [3.8, 4) is 5.75 Å². The second-order valence-corrected chi connectivity index (χ2v) is 5.47. The molecule has 0 amide bonds. The highest BCUT2D eigenvalue weighted by molar-refractivity contribution is 6.57. The molecule has 0 bridgehead atoms. The van der Waals surface area contributed by atoms with E-state index in [1.54, 1.807) is 0 Å². The smallest absolute Gasteiger partial charge is 0.136 e. The SMILES string of the molecule is Oc1cc2c(Cl)c(Cl)c(Cl)c(Cl)c2c(Cl)c1Cl. The molecule has 0 heterocycles. The van der Waals surface area contributed by atoms with Crippen LogP contribution in [0.15, 0.2) is 6.07 Å². The molecule has 0 radical (unpaired) electrons. The third kappa shape index (κ3) is 2.03. The van der Waals surface area contributed by atoms with Gasteiger partial charge in [0.15, 0.2) is 0 Å². The number of phenols is 1. The molecular formula is C10H2Cl6O. The van der Waals surface area contributed by atoms with Gasteiger partial charge < -0.3 is 5.11 Å². The molecule has 2 aromatic rings. The molecule has 90 valence electrons. The Morgan fingerprint density at radius 2 is 1.12 bits per heavy atom. The Bertz CT molecular complexity index is 629. The maximum atomic E-state index is 9.58. The van der Waals surface area contributed by atoms with E-state index in [0.29, 0.717) is 10.8 Å². The van der Waals surface area contributed by atoms with Gasteiger partial charge in [-0.05, 0) is 6.07 Å². The number of aromatic hydroxyl groups is 1. The van der Waals surface area contributed by atoms with Crippen LogP contribution in [-0.2, 0) is 0 Å². The van der Waals surface area contributed by atoms with Gasteiger partial charge in [0, 0.05) is 10.8 Å². The lowest BCUT2D eigenvalue weighted by atomic mass is 10.1. The standard InChI is InChI=1S/C10H2Cl6O/c11-5-2-1-3(17)6(12)7(13)4(2)8(14)10(16)9(5)15/h1,17H. The minimum absolute atomic E-state index is 0.0180. The Hall–Kier alpha value is 0.240. The fourth-order valence-corrected chi connectivity index (χ4v) is 2.93. The first-order chi connectivity index (χ1) is 7.86. The fraction of sp³-hybridized carbons (Fsp3) is 0. The van der Waals surface area contributed by atoms with Gasteiger partial charge in [-0.1, -0.05) is 69.6 Å². The lowest BCUT2D eigenvalue weighted by Gasteiger charge is -2.11. The van der Waals surface area contributed by atoms with Gasteiger partial charge in [0.1, 0.15) is 10.8 Å². The van der Waals surface area contributed by atoms with Crippen molar-refractivity contribution in [1.29, 1.82) is 0 Å². The van der Waals surface area contributed by atoms with E-state index in [2.05, 4.69) is 0 Å². The molecule has 0 aromatic heterocycles. The molecule has 0 saturated carbocycles. The van der Waals surface area contributed by atoms with Crippen LogP contribution in [0.25, 0.3) is 10.8 Å². The van der Waals surface area contributed by atoms with E-state index in [9.17, 15) is 5.11 Å². The van der Waals surface area contributed by atoms with E-state index in [-0.39, 0.29) is 35.9 Å². The zero-order valence-electron chi connectivity index (χ0n) is 7.79. The van der Waals surface area contributed by atoms with Gasteiger partial charge in [-0.2, -0.15) is 0 Å². The van der Waals surface area contributed by atoms with Crippen LogP contribution in [0.5, 0.6) is 5.75 Å². The average molecular weight is 351 g/mol. The normalized spacial score (nSPS) is 11.2. The summed E-state index contributed by atoms with van der Waals surface area (Å²) in [4.78, 5) is 0. The number of hydrogen-bond donors (Lipinski definition) is 1. The van der Waals surface area contributed by atoms with Crippen molar-refractivity contribution in [2.75, 3.05) is 0 Å². The predicted molar refractivity (Wildman–Crippen MR) is 75.7 cm³/mol. The van der Waals surface area contributed by atoms with Crippen LogP contribution in [0, 0.1) is 0 Å². The Labute approximate surface area is 127 Å². The van der Waals surface area contributed by atoms with Crippen molar-refractivity contribution in [2.45, 2.75) is 0 Å². The summed E-state index contributed by atoms with van der Waals surface area (Å²) in [5.74, 6) is -0.208. The molecule has 0 saturated heterocycles. The minimum Gasteiger partial charge on any atom is -0.506 e. The number of benzene rings is 2. The Morgan fingerprint density at radius 1 is 0.647 bits per heavy atom. The summed E-state index contributed by atoms with van der Waals surface area (Å²) in [6.07, 6.45) is 0. The molecule has 0 aliphatic rings. The fourth-order valence-electron chi connectivity index (χ4n) is 1.42. The average Bonchev–Trinajstić information content (AvgIpc) is 2.30. The molecular weight excluding hydrogens is 349 g/mol. The number of fused-ring (bicyclic) bond motifs is 1. The van der Waals surface area contributed by atoms with Gasteiger partial charge in [-0.3, -0.25) is 0 Å². The van der Waals surface area contributed by atoms with Gasteiger partial charge >= 0.3 is 0 Å².